The highest BCUT2D eigenvalue weighted by atomic mass is 16.6. The number of allylic oxidation sites excluding steroid dienone is 1. The quantitative estimate of drug-likeness (QED) is 0.676. The van der Waals surface area contributed by atoms with Gasteiger partial charge in [0, 0.05) is 32.6 Å². The van der Waals surface area contributed by atoms with Gasteiger partial charge in [0.2, 0.25) is 11.8 Å². The molecule has 3 amide bonds. The fraction of sp³-hybridized carbons (Fsp3) is 0.737. The van der Waals surface area contributed by atoms with E-state index in [0.29, 0.717) is 12.5 Å². The van der Waals surface area contributed by atoms with Gasteiger partial charge in [-0.3, -0.25) is 9.59 Å². The number of piperidine rings is 1. The van der Waals surface area contributed by atoms with Gasteiger partial charge in [-0.15, -0.1) is 0 Å². The number of hydrogen-bond acceptors (Lipinski definition) is 4. The Morgan fingerprint density at radius 1 is 1.15 bits per heavy atom. The molecule has 26 heavy (non-hydrogen) atoms. The minimum absolute atomic E-state index is 0.0718. The van der Waals surface area contributed by atoms with Crippen LogP contribution in [0.15, 0.2) is 12.2 Å². The number of carbonyl (C=O) groups excluding carboxylic acids is 3. The minimum Gasteiger partial charge on any atom is -0.444 e. The summed E-state index contributed by atoms with van der Waals surface area (Å²) in [5.74, 6) is 0.366. The first-order chi connectivity index (χ1) is 12.2. The Hall–Kier alpha value is -2.05. The maximum atomic E-state index is 11.9. The second-order valence-corrected chi connectivity index (χ2v) is 7.56. The number of alkyl carbamates (subject to hydrolysis) is 1. The molecular formula is C19H33N3O4. The van der Waals surface area contributed by atoms with Crippen molar-refractivity contribution in [1.29, 1.82) is 0 Å². The van der Waals surface area contributed by atoms with Gasteiger partial charge in [-0.05, 0) is 52.0 Å². The molecule has 0 unspecified atom stereocenters. The average Bonchev–Trinajstić information content (AvgIpc) is 2.56. The summed E-state index contributed by atoms with van der Waals surface area (Å²) >= 11 is 0. The molecule has 1 aliphatic rings. The van der Waals surface area contributed by atoms with Crippen LogP contribution >= 0.6 is 0 Å². The summed E-state index contributed by atoms with van der Waals surface area (Å²) in [5.41, 5.74) is -0.547. The Bertz CT molecular complexity index is 503. The van der Waals surface area contributed by atoms with Crippen molar-refractivity contribution in [1.82, 2.24) is 15.5 Å². The van der Waals surface area contributed by atoms with Crippen molar-refractivity contribution in [2.24, 2.45) is 5.92 Å². The second kappa shape index (κ2) is 10.8. The first-order valence-electron chi connectivity index (χ1n) is 9.40. The molecule has 7 nitrogen and oxygen atoms in total. The van der Waals surface area contributed by atoms with E-state index in [9.17, 15) is 14.4 Å². The third kappa shape index (κ3) is 9.44. The molecule has 0 aliphatic carbocycles. The van der Waals surface area contributed by atoms with E-state index in [1.807, 2.05) is 17.9 Å². The number of nitrogens with one attached hydrogen (secondary N) is 2. The third-order valence-electron chi connectivity index (χ3n) is 4.03. The first kappa shape index (κ1) is 22.0. The molecule has 0 saturated carbocycles. The van der Waals surface area contributed by atoms with Crippen molar-refractivity contribution in [3.63, 3.8) is 0 Å². The fourth-order valence-corrected chi connectivity index (χ4v) is 2.62. The van der Waals surface area contributed by atoms with Gasteiger partial charge in [0.1, 0.15) is 5.60 Å². The van der Waals surface area contributed by atoms with E-state index >= 15 is 0 Å². The van der Waals surface area contributed by atoms with Crippen LogP contribution in [0.4, 0.5) is 4.79 Å². The van der Waals surface area contributed by atoms with Gasteiger partial charge in [0.25, 0.3) is 0 Å². The lowest BCUT2D eigenvalue weighted by molar-refractivity contribution is -0.127. The van der Waals surface area contributed by atoms with Crippen LogP contribution in [0, 0.1) is 5.92 Å². The van der Waals surface area contributed by atoms with E-state index in [0.717, 1.165) is 32.4 Å². The van der Waals surface area contributed by atoms with Gasteiger partial charge in [-0.25, -0.2) is 4.79 Å². The molecule has 148 valence electrons. The molecule has 1 rings (SSSR count). The lowest BCUT2D eigenvalue weighted by Crippen LogP contribution is -2.41. The summed E-state index contributed by atoms with van der Waals surface area (Å²) in [6, 6.07) is 0. The minimum atomic E-state index is -0.547. The molecule has 0 aromatic carbocycles. The zero-order valence-electron chi connectivity index (χ0n) is 16.5. The van der Waals surface area contributed by atoms with Crippen molar-refractivity contribution in [3.8, 4) is 0 Å². The van der Waals surface area contributed by atoms with Crippen LogP contribution in [0.5, 0.6) is 0 Å². The molecule has 0 atom stereocenters. The van der Waals surface area contributed by atoms with Crippen molar-refractivity contribution in [3.05, 3.63) is 12.2 Å². The van der Waals surface area contributed by atoms with Crippen LogP contribution < -0.4 is 10.6 Å². The van der Waals surface area contributed by atoms with Crippen LogP contribution in [0.1, 0.15) is 53.4 Å². The summed E-state index contributed by atoms with van der Waals surface area (Å²) in [6.45, 7) is 9.69. The summed E-state index contributed by atoms with van der Waals surface area (Å²) < 4.78 is 5.11. The Kier molecular flexibility index (Phi) is 9.16. The Morgan fingerprint density at radius 3 is 2.38 bits per heavy atom. The highest BCUT2D eigenvalue weighted by Crippen LogP contribution is 2.16. The topological polar surface area (TPSA) is 87.7 Å². The molecule has 2 N–H and O–H groups in total. The van der Waals surface area contributed by atoms with E-state index < -0.39 is 11.7 Å². The second-order valence-electron chi connectivity index (χ2n) is 7.56. The Morgan fingerprint density at radius 2 is 1.81 bits per heavy atom. The van der Waals surface area contributed by atoms with Gasteiger partial charge in [-0.1, -0.05) is 13.0 Å². The molecule has 0 spiro atoms. The molecule has 7 heteroatoms. The fourth-order valence-electron chi connectivity index (χ4n) is 2.62. The van der Waals surface area contributed by atoms with E-state index in [1.165, 1.54) is 0 Å². The van der Waals surface area contributed by atoms with Crippen molar-refractivity contribution in [2.75, 3.05) is 26.2 Å². The molecule has 1 fully saturated rings. The van der Waals surface area contributed by atoms with E-state index in [4.69, 9.17) is 4.74 Å². The standard InChI is InChI=1S/C19H33N3O4/c1-5-6-7-17(24)22-12-9-15(10-13-22)14-21-16(23)8-11-20-18(25)26-19(2,3)4/h6-7,15H,5,8-14H2,1-4H3,(H,20,25)(H,21,23)/b7-6+. The number of nitrogens with zero attached hydrogens (tertiary/aromatic N) is 1. The van der Waals surface area contributed by atoms with Crippen molar-refractivity contribution < 1.29 is 19.1 Å². The third-order valence-corrected chi connectivity index (χ3v) is 4.03. The molecular weight excluding hydrogens is 334 g/mol. The maximum Gasteiger partial charge on any atom is 0.407 e. The molecule has 0 radical (unpaired) electrons. The van der Waals surface area contributed by atoms with E-state index in [1.54, 1.807) is 26.8 Å². The van der Waals surface area contributed by atoms with E-state index in [2.05, 4.69) is 10.6 Å². The summed E-state index contributed by atoms with van der Waals surface area (Å²) in [7, 11) is 0. The average molecular weight is 367 g/mol. The molecule has 1 aliphatic heterocycles. The van der Waals surface area contributed by atoms with Crippen LogP contribution in [-0.4, -0.2) is 54.6 Å². The van der Waals surface area contributed by atoms with Crippen LogP contribution in [0.3, 0.4) is 0 Å². The number of rotatable bonds is 7. The van der Waals surface area contributed by atoms with Gasteiger partial charge < -0.3 is 20.3 Å². The number of amides is 3. The number of ether oxygens (including phenoxy) is 1. The monoisotopic (exact) mass is 367 g/mol. The molecule has 1 heterocycles. The van der Waals surface area contributed by atoms with Crippen molar-refractivity contribution >= 4 is 17.9 Å². The summed E-state index contributed by atoms with van der Waals surface area (Å²) in [6.07, 6.45) is 5.86. The number of likely N-dealkylation sites (tertiary alicyclic amines) is 1. The van der Waals surface area contributed by atoms with Gasteiger partial charge in [-0.2, -0.15) is 0 Å². The summed E-state index contributed by atoms with van der Waals surface area (Å²) in [5, 5.41) is 5.47. The summed E-state index contributed by atoms with van der Waals surface area (Å²) in [4.78, 5) is 37.1. The van der Waals surface area contributed by atoms with Crippen LogP contribution in [0.2, 0.25) is 0 Å². The zero-order chi connectivity index (χ0) is 19.6. The molecule has 0 aromatic rings. The predicted molar refractivity (Wildman–Crippen MR) is 101 cm³/mol. The highest BCUT2D eigenvalue weighted by Gasteiger charge is 2.22. The normalized spacial score (nSPS) is 15.8. The number of hydrogen-bond donors (Lipinski definition) is 2. The first-order valence-corrected chi connectivity index (χ1v) is 9.40. The molecule has 0 aromatic heterocycles. The predicted octanol–water partition coefficient (Wildman–Crippen LogP) is 2.22. The van der Waals surface area contributed by atoms with Gasteiger partial charge in [0.05, 0.1) is 0 Å². The molecule has 1 saturated heterocycles. The highest BCUT2D eigenvalue weighted by molar-refractivity contribution is 5.87. The van der Waals surface area contributed by atoms with Gasteiger partial charge >= 0.3 is 6.09 Å². The van der Waals surface area contributed by atoms with Crippen LogP contribution in [-0.2, 0) is 14.3 Å². The largest absolute Gasteiger partial charge is 0.444 e. The van der Waals surface area contributed by atoms with E-state index in [-0.39, 0.29) is 24.8 Å². The smallest absolute Gasteiger partial charge is 0.407 e. The van der Waals surface area contributed by atoms with Crippen LogP contribution in [0.25, 0.3) is 0 Å². The SMILES string of the molecule is CC/C=C/C(=O)N1CCC(CNC(=O)CCNC(=O)OC(C)(C)C)CC1. The Labute approximate surface area is 156 Å². The van der Waals surface area contributed by atoms with Crippen molar-refractivity contribution in [2.45, 2.75) is 59.0 Å². The Balaban J connectivity index is 2.16. The zero-order valence-corrected chi connectivity index (χ0v) is 16.5. The number of carbonyl (C=O) groups is 3. The lowest BCUT2D eigenvalue weighted by atomic mass is 9.96. The van der Waals surface area contributed by atoms with Gasteiger partial charge in [0.15, 0.2) is 0 Å². The molecule has 0 bridgehead atoms. The maximum absolute atomic E-state index is 11.9. The lowest BCUT2D eigenvalue weighted by Gasteiger charge is -2.31.